The third-order valence-corrected chi connectivity index (χ3v) is 3.15. The minimum atomic E-state index is -1.09. The monoisotopic (exact) mass is 266 g/mol. The number of carboxylic acids is 1. The lowest BCUT2D eigenvalue weighted by Gasteiger charge is -2.03. The van der Waals surface area contributed by atoms with Crippen molar-refractivity contribution in [2.75, 3.05) is 0 Å². The summed E-state index contributed by atoms with van der Waals surface area (Å²) in [5.74, 6) is -1.09. The summed E-state index contributed by atoms with van der Waals surface area (Å²) < 4.78 is 0. The number of aromatic carboxylic acids is 1. The molecule has 1 aromatic heterocycles. The Balaban J connectivity index is 2.30. The molecule has 0 saturated heterocycles. The molecule has 0 radical (unpaired) electrons. The first-order valence-electron chi connectivity index (χ1n) is 4.64. The van der Waals surface area contributed by atoms with Crippen LogP contribution in [0.5, 0.6) is 0 Å². The van der Waals surface area contributed by atoms with Gasteiger partial charge in [-0.25, -0.2) is 14.8 Å². The van der Waals surface area contributed by atoms with Gasteiger partial charge in [0.1, 0.15) is 5.03 Å². The van der Waals surface area contributed by atoms with E-state index in [0.29, 0.717) is 10.0 Å². The minimum Gasteiger partial charge on any atom is -0.476 e. The number of hydrogen-bond acceptors (Lipinski definition) is 4. The van der Waals surface area contributed by atoms with Crippen molar-refractivity contribution in [3.63, 3.8) is 0 Å². The van der Waals surface area contributed by atoms with Gasteiger partial charge >= 0.3 is 5.97 Å². The summed E-state index contributed by atoms with van der Waals surface area (Å²) in [5, 5.41) is 9.95. The second-order valence-electron chi connectivity index (χ2n) is 3.07. The Labute approximate surface area is 107 Å². The van der Waals surface area contributed by atoms with Crippen molar-refractivity contribution in [1.82, 2.24) is 9.97 Å². The summed E-state index contributed by atoms with van der Waals surface area (Å²) in [6, 6.07) is 7.07. The van der Waals surface area contributed by atoms with Gasteiger partial charge in [-0.2, -0.15) is 0 Å². The smallest absolute Gasteiger partial charge is 0.357 e. The predicted molar refractivity (Wildman–Crippen MR) is 64.6 cm³/mol. The maximum Gasteiger partial charge on any atom is 0.357 e. The van der Waals surface area contributed by atoms with Crippen molar-refractivity contribution in [3.8, 4) is 0 Å². The average Bonchev–Trinajstić information content (AvgIpc) is 2.32. The molecule has 0 saturated carbocycles. The summed E-state index contributed by atoms with van der Waals surface area (Å²) in [5.41, 5.74) is -0.0487. The Hall–Kier alpha value is -1.59. The molecule has 1 aromatic carbocycles. The predicted octanol–water partition coefficient (Wildman–Crippen LogP) is 2.98. The van der Waals surface area contributed by atoms with Crippen molar-refractivity contribution in [2.24, 2.45) is 0 Å². The molecule has 0 amide bonds. The Morgan fingerprint density at radius 3 is 2.47 bits per heavy atom. The quantitative estimate of drug-likeness (QED) is 0.925. The van der Waals surface area contributed by atoms with E-state index in [9.17, 15) is 4.79 Å². The van der Waals surface area contributed by atoms with Crippen molar-refractivity contribution in [2.45, 2.75) is 9.92 Å². The van der Waals surface area contributed by atoms with Gasteiger partial charge in [0.25, 0.3) is 0 Å². The maximum atomic E-state index is 10.9. The molecule has 0 fully saturated rings. The highest BCUT2D eigenvalue weighted by Gasteiger charge is 2.13. The van der Waals surface area contributed by atoms with Gasteiger partial charge in [0.2, 0.25) is 0 Å². The molecule has 6 heteroatoms. The van der Waals surface area contributed by atoms with Crippen LogP contribution >= 0.6 is 23.4 Å². The molecule has 86 valence electrons. The molecular weight excluding hydrogens is 260 g/mol. The van der Waals surface area contributed by atoms with Crippen LogP contribution in [0.1, 0.15) is 10.5 Å². The van der Waals surface area contributed by atoms with Gasteiger partial charge in [-0.05, 0) is 24.3 Å². The molecule has 1 N–H and O–H groups in total. The Kier molecular flexibility index (Phi) is 3.61. The van der Waals surface area contributed by atoms with Gasteiger partial charge < -0.3 is 5.11 Å². The van der Waals surface area contributed by atoms with Crippen LogP contribution in [0.25, 0.3) is 0 Å². The number of halogens is 1. The van der Waals surface area contributed by atoms with Gasteiger partial charge in [-0.15, -0.1) is 0 Å². The number of benzene rings is 1. The largest absolute Gasteiger partial charge is 0.476 e. The minimum absolute atomic E-state index is 0.0487. The molecule has 0 bridgehead atoms. The fraction of sp³-hybridized carbons (Fsp3) is 0. The van der Waals surface area contributed by atoms with Crippen LogP contribution in [-0.2, 0) is 0 Å². The maximum absolute atomic E-state index is 10.9. The lowest BCUT2D eigenvalue weighted by molar-refractivity contribution is 0.0685. The van der Waals surface area contributed by atoms with Crippen LogP contribution in [0.4, 0.5) is 0 Å². The highest BCUT2D eigenvalue weighted by Crippen LogP contribution is 2.28. The van der Waals surface area contributed by atoms with Crippen LogP contribution in [0.15, 0.2) is 46.6 Å². The van der Waals surface area contributed by atoms with Crippen molar-refractivity contribution >= 4 is 29.3 Å². The molecule has 2 aromatic rings. The summed E-state index contributed by atoms with van der Waals surface area (Å²) in [6.07, 6.45) is 2.82. The third kappa shape index (κ3) is 2.95. The Morgan fingerprint density at radius 1 is 1.18 bits per heavy atom. The van der Waals surface area contributed by atoms with Crippen molar-refractivity contribution in [3.05, 3.63) is 47.4 Å². The van der Waals surface area contributed by atoms with Gasteiger partial charge in [0.15, 0.2) is 5.69 Å². The van der Waals surface area contributed by atoms with Gasteiger partial charge in [0.05, 0.1) is 0 Å². The van der Waals surface area contributed by atoms with E-state index in [2.05, 4.69) is 9.97 Å². The molecule has 0 aliphatic carbocycles. The van der Waals surface area contributed by atoms with E-state index in [1.807, 2.05) is 0 Å². The zero-order valence-corrected chi connectivity index (χ0v) is 10.1. The van der Waals surface area contributed by atoms with Gasteiger partial charge in [-0.1, -0.05) is 23.4 Å². The average molecular weight is 267 g/mol. The molecule has 0 atom stereocenters. The third-order valence-electron chi connectivity index (χ3n) is 1.90. The molecule has 1 heterocycles. The van der Waals surface area contributed by atoms with E-state index in [1.165, 1.54) is 24.2 Å². The molecule has 17 heavy (non-hydrogen) atoms. The summed E-state index contributed by atoms with van der Waals surface area (Å²) in [7, 11) is 0. The zero-order valence-electron chi connectivity index (χ0n) is 8.50. The second kappa shape index (κ2) is 5.16. The standard InChI is InChI=1S/C11H7ClN2O2S/c12-7-1-3-8(4-2-7)17-10-9(11(15)16)13-5-6-14-10/h1-6H,(H,15,16). The Bertz CT molecular complexity index is 545. The molecule has 2 rings (SSSR count). The topological polar surface area (TPSA) is 63.1 Å². The van der Waals surface area contributed by atoms with Gasteiger partial charge in [-0.3, -0.25) is 0 Å². The second-order valence-corrected chi connectivity index (χ2v) is 4.57. The highest BCUT2D eigenvalue weighted by molar-refractivity contribution is 7.99. The van der Waals surface area contributed by atoms with Crippen LogP contribution in [0, 0.1) is 0 Å². The summed E-state index contributed by atoms with van der Waals surface area (Å²) in [6.45, 7) is 0. The van der Waals surface area contributed by atoms with Gasteiger partial charge in [0, 0.05) is 22.3 Å². The van der Waals surface area contributed by atoms with Crippen molar-refractivity contribution < 1.29 is 9.90 Å². The molecule has 0 unspecified atom stereocenters. The van der Waals surface area contributed by atoms with E-state index >= 15 is 0 Å². The van der Waals surface area contributed by atoms with Crippen LogP contribution < -0.4 is 0 Å². The van der Waals surface area contributed by atoms with E-state index in [-0.39, 0.29) is 5.69 Å². The molecule has 0 aliphatic rings. The number of rotatable bonds is 3. The van der Waals surface area contributed by atoms with E-state index in [4.69, 9.17) is 16.7 Å². The summed E-state index contributed by atoms with van der Waals surface area (Å²) in [4.78, 5) is 19.6. The SMILES string of the molecule is O=C(O)c1nccnc1Sc1ccc(Cl)cc1. The first kappa shape index (κ1) is 11.9. The molecular formula is C11H7ClN2O2S. The van der Waals surface area contributed by atoms with Crippen LogP contribution in [0.3, 0.4) is 0 Å². The molecule has 0 spiro atoms. The van der Waals surface area contributed by atoms with Crippen molar-refractivity contribution in [1.29, 1.82) is 0 Å². The van der Waals surface area contributed by atoms with E-state index in [0.717, 1.165) is 4.90 Å². The lowest BCUT2D eigenvalue weighted by Crippen LogP contribution is -2.03. The highest BCUT2D eigenvalue weighted by atomic mass is 35.5. The van der Waals surface area contributed by atoms with Crippen LogP contribution in [-0.4, -0.2) is 21.0 Å². The zero-order chi connectivity index (χ0) is 12.3. The number of nitrogens with zero attached hydrogens (tertiary/aromatic N) is 2. The van der Waals surface area contributed by atoms with E-state index < -0.39 is 5.97 Å². The number of carbonyl (C=O) groups is 1. The molecule has 0 aliphatic heterocycles. The lowest BCUT2D eigenvalue weighted by atomic mass is 10.4. The Morgan fingerprint density at radius 2 is 1.82 bits per heavy atom. The fourth-order valence-electron chi connectivity index (χ4n) is 1.16. The number of hydrogen-bond donors (Lipinski definition) is 1. The normalized spacial score (nSPS) is 10.2. The summed E-state index contributed by atoms with van der Waals surface area (Å²) >= 11 is 7.00. The number of aromatic nitrogens is 2. The van der Waals surface area contributed by atoms with Crippen LogP contribution in [0.2, 0.25) is 5.02 Å². The number of carboxylic acid groups (broad SMARTS) is 1. The van der Waals surface area contributed by atoms with E-state index in [1.54, 1.807) is 24.3 Å². The molecule has 4 nitrogen and oxygen atoms in total. The fourth-order valence-corrected chi connectivity index (χ4v) is 2.13. The first-order chi connectivity index (χ1) is 8.16. The first-order valence-corrected chi connectivity index (χ1v) is 5.84.